The second kappa shape index (κ2) is 9.03. The van der Waals surface area contributed by atoms with Crippen molar-refractivity contribution in [2.75, 3.05) is 18.9 Å². The van der Waals surface area contributed by atoms with Crippen molar-refractivity contribution in [1.82, 2.24) is 5.32 Å². The first kappa shape index (κ1) is 20.4. The van der Waals surface area contributed by atoms with E-state index in [9.17, 15) is 14.4 Å². The number of nitrogens with one attached hydrogen (secondary N) is 2. The van der Waals surface area contributed by atoms with Gasteiger partial charge in [-0.05, 0) is 58.1 Å². The van der Waals surface area contributed by atoms with E-state index in [2.05, 4.69) is 10.6 Å². The standard InChI is InChI=1S/C17H24N2O6/c1-17(2,8-9-18-3)25-16(24)11-4-6-12(7-5-11)19-13(15(22)23)10-14(20)21/h4-7,13,18-19H,8-10H2,1-3H3,(H,20,21)(H,22,23)/t13-/m0/s1. The summed E-state index contributed by atoms with van der Waals surface area (Å²) in [5, 5.41) is 23.4. The van der Waals surface area contributed by atoms with Gasteiger partial charge in [0.05, 0.1) is 12.0 Å². The van der Waals surface area contributed by atoms with Gasteiger partial charge in [-0.25, -0.2) is 9.59 Å². The topological polar surface area (TPSA) is 125 Å². The van der Waals surface area contributed by atoms with Gasteiger partial charge in [0, 0.05) is 5.69 Å². The lowest BCUT2D eigenvalue weighted by Crippen LogP contribution is -2.32. The third kappa shape index (κ3) is 7.21. The summed E-state index contributed by atoms with van der Waals surface area (Å²) < 4.78 is 5.47. The zero-order chi connectivity index (χ0) is 19.0. The summed E-state index contributed by atoms with van der Waals surface area (Å²) in [5.74, 6) is -2.96. The van der Waals surface area contributed by atoms with Crippen molar-refractivity contribution >= 4 is 23.6 Å². The van der Waals surface area contributed by atoms with Crippen LogP contribution in [0.2, 0.25) is 0 Å². The van der Waals surface area contributed by atoms with Crippen LogP contribution in [0.25, 0.3) is 0 Å². The van der Waals surface area contributed by atoms with E-state index >= 15 is 0 Å². The number of carbonyl (C=O) groups is 3. The van der Waals surface area contributed by atoms with Crippen LogP contribution >= 0.6 is 0 Å². The van der Waals surface area contributed by atoms with E-state index in [1.807, 2.05) is 20.9 Å². The summed E-state index contributed by atoms with van der Waals surface area (Å²) in [6, 6.07) is 4.76. The van der Waals surface area contributed by atoms with Crippen molar-refractivity contribution in [3.8, 4) is 0 Å². The molecule has 0 aliphatic carbocycles. The molecule has 0 heterocycles. The van der Waals surface area contributed by atoms with Crippen molar-refractivity contribution in [2.24, 2.45) is 0 Å². The Morgan fingerprint density at radius 3 is 2.24 bits per heavy atom. The Morgan fingerprint density at radius 2 is 1.76 bits per heavy atom. The van der Waals surface area contributed by atoms with Gasteiger partial charge in [0.15, 0.2) is 0 Å². The maximum atomic E-state index is 12.2. The van der Waals surface area contributed by atoms with Gasteiger partial charge in [0.25, 0.3) is 0 Å². The SMILES string of the molecule is CNCCC(C)(C)OC(=O)c1ccc(N[C@@H](CC(=O)O)C(=O)O)cc1. The van der Waals surface area contributed by atoms with Crippen molar-refractivity contribution in [3.63, 3.8) is 0 Å². The molecule has 0 radical (unpaired) electrons. The third-order valence-electron chi connectivity index (χ3n) is 3.48. The van der Waals surface area contributed by atoms with E-state index in [-0.39, 0.29) is 0 Å². The molecule has 1 aromatic carbocycles. The van der Waals surface area contributed by atoms with Crippen LogP contribution in [-0.4, -0.2) is 53.4 Å². The largest absolute Gasteiger partial charge is 0.481 e. The molecule has 1 rings (SSSR count). The lowest BCUT2D eigenvalue weighted by Gasteiger charge is -2.25. The maximum Gasteiger partial charge on any atom is 0.338 e. The highest BCUT2D eigenvalue weighted by Crippen LogP contribution is 2.18. The van der Waals surface area contributed by atoms with Crippen LogP contribution in [0.3, 0.4) is 0 Å². The Bertz CT molecular complexity index is 612. The molecule has 0 unspecified atom stereocenters. The number of esters is 1. The first-order chi connectivity index (χ1) is 11.6. The quantitative estimate of drug-likeness (QED) is 0.468. The molecule has 0 spiro atoms. The van der Waals surface area contributed by atoms with Gasteiger partial charge in [0.1, 0.15) is 11.6 Å². The van der Waals surface area contributed by atoms with Gasteiger partial charge in [-0.2, -0.15) is 0 Å². The minimum atomic E-state index is -1.27. The van der Waals surface area contributed by atoms with Crippen molar-refractivity contribution in [2.45, 2.75) is 38.3 Å². The molecule has 1 atom stereocenters. The van der Waals surface area contributed by atoms with E-state index in [0.29, 0.717) is 24.2 Å². The van der Waals surface area contributed by atoms with E-state index in [1.54, 1.807) is 0 Å². The van der Waals surface area contributed by atoms with Crippen LogP contribution in [0, 0.1) is 0 Å². The highest BCUT2D eigenvalue weighted by atomic mass is 16.6. The van der Waals surface area contributed by atoms with Crippen LogP contribution in [0.15, 0.2) is 24.3 Å². The smallest absolute Gasteiger partial charge is 0.338 e. The molecule has 1 aromatic rings. The fourth-order valence-electron chi connectivity index (χ4n) is 2.07. The molecule has 0 fully saturated rings. The normalized spacial score (nSPS) is 12.3. The predicted molar refractivity (Wildman–Crippen MR) is 91.8 cm³/mol. The molecule has 0 aromatic heterocycles. The number of carboxylic acids is 2. The second-order valence-electron chi connectivity index (χ2n) is 6.21. The van der Waals surface area contributed by atoms with Gasteiger partial charge >= 0.3 is 17.9 Å². The summed E-state index contributed by atoms with van der Waals surface area (Å²) in [7, 11) is 1.82. The first-order valence-corrected chi connectivity index (χ1v) is 7.84. The molecule has 0 amide bonds. The molecule has 8 heteroatoms. The number of carbonyl (C=O) groups excluding carboxylic acids is 1. The summed E-state index contributed by atoms with van der Waals surface area (Å²) in [6.07, 6.45) is 0.100. The monoisotopic (exact) mass is 352 g/mol. The van der Waals surface area contributed by atoms with E-state index in [0.717, 1.165) is 0 Å². The highest BCUT2D eigenvalue weighted by Gasteiger charge is 2.24. The zero-order valence-corrected chi connectivity index (χ0v) is 14.5. The fourth-order valence-corrected chi connectivity index (χ4v) is 2.07. The molecule has 4 N–H and O–H groups in total. The van der Waals surface area contributed by atoms with Gasteiger partial charge in [-0.1, -0.05) is 0 Å². The molecule has 0 bridgehead atoms. The van der Waals surface area contributed by atoms with E-state index in [1.165, 1.54) is 24.3 Å². The molecular formula is C17H24N2O6. The summed E-state index contributed by atoms with van der Waals surface area (Å²) in [4.78, 5) is 33.9. The molecule has 0 saturated carbocycles. The van der Waals surface area contributed by atoms with Crippen LogP contribution in [0.4, 0.5) is 5.69 Å². The molecular weight excluding hydrogens is 328 g/mol. The molecule has 8 nitrogen and oxygen atoms in total. The molecule has 0 aliphatic heterocycles. The van der Waals surface area contributed by atoms with E-state index in [4.69, 9.17) is 14.9 Å². The number of hydrogen-bond acceptors (Lipinski definition) is 6. The number of carboxylic acid groups (broad SMARTS) is 2. The van der Waals surface area contributed by atoms with Gasteiger partial charge in [-0.3, -0.25) is 4.79 Å². The Balaban J connectivity index is 2.73. The Morgan fingerprint density at radius 1 is 1.16 bits per heavy atom. The van der Waals surface area contributed by atoms with Crippen LogP contribution in [-0.2, 0) is 14.3 Å². The summed E-state index contributed by atoms with van der Waals surface area (Å²) in [6.45, 7) is 4.35. The minimum absolute atomic E-state index is 0.327. The van der Waals surface area contributed by atoms with Gasteiger partial charge in [0.2, 0.25) is 0 Å². The molecule has 0 aliphatic rings. The maximum absolute atomic E-state index is 12.2. The number of ether oxygens (including phenoxy) is 1. The summed E-state index contributed by atoms with van der Waals surface area (Å²) in [5.41, 5.74) is 0.111. The average Bonchev–Trinajstić information content (AvgIpc) is 2.52. The molecule has 25 heavy (non-hydrogen) atoms. The lowest BCUT2D eigenvalue weighted by atomic mass is 10.1. The van der Waals surface area contributed by atoms with Crippen LogP contribution in [0.1, 0.15) is 37.0 Å². The van der Waals surface area contributed by atoms with E-state index < -0.39 is 36.0 Å². The number of anilines is 1. The first-order valence-electron chi connectivity index (χ1n) is 7.84. The summed E-state index contributed by atoms with van der Waals surface area (Å²) >= 11 is 0. The van der Waals surface area contributed by atoms with Gasteiger partial charge in [-0.15, -0.1) is 0 Å². The van der Waals surface area contributed by atoms with Crippen molar-refractivity contribution in [3.05, 3.63) is 29.8 Å². The van der Waals surface area contributed by atoms with Crippen LogP contribution < -0.4 is 10.6 Å². The second-order valence-corrected chi connectivity index (χ2v) is 6.21. The third-order valence-corrected chi connectivity index (χ3v) is 3.48. The Labute approximate surface area is 146 Å². The van der Waals surface area contributed by atoms with Gasteiger partial charge < -0.3 is 25.6 Å². The van der Waals surface area contributed by atoms with Crippen molar-refractivity contribution in [1.29, 1.82) is 0 Å². The zero-order valence-electron chi connectivity index (χ0n) is 14.5. The Hall–Kier alpha value is -2.61. The highest BCUT2D eigenvalue weighted by molar-refractivity contribution is 5.90. The minimum Gasteiger partial charge on any atom is -0.481 e. The predicted octanol–water partition coefficient (Wildman–Crippen LogP) is 1.57. The Kier molecular flexibility index (Phi) is 7.38. The lowest BCUT2D eigenvalue weighted by molar-refractivity contribution is -0.144. The number of hydrogen-bond donors (Lipinski definition) is 4. The average molecular weight is 352 g/mol. The fraction of sp³-hybridized carbons (Fsp3) is 0.471. The molecule has 0 saturated heterocycles. The molecule has 138 valence electrons. The van der Waals surface area contributed by atoms with Crippen molar-refractivity contribution < 1.29 is 29.3 Å². The number of aliphatic carboxylic acids is 2. The number of benzene rings is 1. The number of rotatable bonds is 10. The van der Waals surface area contributed by atoms with Crippen LogP contribution in [0.5, 0.6) is 0 Å².